The first-order valence-electron chi connectivity index (χ1n) is 5.98. The van der Waals surface area contributed by atoms with Gasteiger partial charge < -0.3 is 4.43 Å². The van der Waals surface area contributed by atoms with Gasteiger partial charge >= 0.3 is 0 Å². The second-order valence-electron chi connectivity index (χ2n) is 3.92. The zero-order valence-corrected chi connectivity index (χ0v) is 11.3. The van der Waals surface area contributed by atoms with Gasteiger partial charge in [0.05, 0.1) is 6.10 Å². The molecule has 0 radical (unpaired) electrons. The van der Waals surface area contributed by atoms with Gasteiger partial charge in [-0.15, -0.1) is 6.58 Å². The molecule has 84 valence electrons. The zero-order valence-electron chi connectivity index (χ0n) is 10.3. The molecule has 0 rings (SSSR count). The number of rotatable bonds is 8. The van der Waals surface area contributed by atoms with Crippen molar-refractivity contribution in [2.24, 2.45) is 0 Å². The lowest BCUT2D eigenvalue weighted by atomic mass is 10.2. The van der Waals surface area contributed by atoms with E-state index in [0.717, 1.165) is 6.42 Å². The molecule has 0 aromatic rings. The van der Waals surface area contributed by atoms with Gasteiger partial charge in [0.25, 0.3) is 0 Å². The third kappa shape index (κ3) is 3.97. The van der Waals surface area contributed by atoms with E-state index >= 15 is 0 Å². The Kier molecular flexibility index (Phi) is 7.20. The van der Waals surface area contributed by atoms with Crippen molar-refractivity contribution in [3.8, 4) is 0 Å². The molecule has 2 heteroatoms. The highest BCUT2D eigenvalue weighted by molar-refractivity contribution is 6.73. The van der Waals surface area contributed by atoms with Gasteiger partial charge in [0.1, 0.15) is 0 Å². The highest BCUT2D eigenvalue weighted by Crippen LogP contribution is 2.24. The summed E-state index contributed by atoms with van der Waals surface area (Å²) in [5, 5.41) is 0. The first-order valence-corrected chi connectivity index (χ1v) is 8.51. The molecule has 0 heterocycles. The van der Waals surface area contributed by atoms with Crippen LogP contribution in [0.15, 0.2) is 12.7 Å². The van der Waals surface area contributed by atoms with E-state index in [-0.39, 0.29) is 0 Å². The molecule has 0 saturated carbocycles. The van der Waals surface area contributed by atoms with Crippen molar-refractivity contribution in [2.75, 3.05) is 0 Å². The Morgan fingerprint density at radius 1 is 1.14 bits per heavy atom. The molecule has 0 fully saturated rings. The molecular formula is C12H26OSi. The first-order chi connectivity index (χ1) is 6.67. The van der Waals surface area contributed by atoms with Gasteiger partial charge in [-0.1, -0.05) is 40.2 Å². The monoisotopic (exact) mass is 214 g/mol. The summed E-state index contributed by atoms with van der Waals surface area (Å²) in [6.45, 7) is 12.9. The average Bonchev–Trinajstić information content (AvgIpc) is 2.25. The van der Waals surface area contributed by atoms with E-state index in [1.165, 1.54) is 24.6 Å². The second kappa shape index (κ2) is 7.24. The Labute approximate surface area is 90.7 Å². The lowest BCUT2D eigenvalue weighted by molar-refractivity contribution is 0.221. The number of hydrogen-bond acceptors (Lipinski definition) is 1. The molecule has 0 bridgehead atoms. The van der Waals surface area contributed by atoms with E-state index in [2.05, 4.69) is 34.3 Å². The van der Waals surface area contributed by atoms with E-state index in [0.29, 0.717) is 6.10 Å². The topological polar surface area (TPSA) is 9.23 Å². The van der Waals surface area contributed by atoms with Crippen molar-refractivity contribution >= 4 is 8.32 Å². The van der Waals surface area contributed by atoms with Crippen LogP contribution in [0.5, 0.6) is 0 Å². The zero-order chi connectivity index (χ0) is 11.0. The Morgan fingerprint density at radius 3 is 1.93 bits per heavy atom. The quantitative estimate of drug-likeness (QED) is 0.431. The molecule has 0 amide bonds. The molecule has 0 N–H and O–H groups in total. The van der Waals surface area contributed by atoms with Crippen molar-refractivity contribution in [3.63, 3.8) is 0 Å². The van der Waals surface area contributed by atoms with Crippen LogP contribution in [0.1, 0.15) is 40.5 Å². The van der Waals surface area contributed by atoms with Gasteiger partial charge in [-0.2, -0.15) is 0 Å². The highest BCUT2D eigenvalue weighted by atomic mass is 28.4. The fourth-order valence-corrected chi connectivity index (χ4v) is 4.69. The molecular weight excluding hydrogens is 188 g/mol. The van der Waals surface area contributed by atoms with Crippen molar-refractivity contribution < 1.29 is 4.43 Å². The summed E-state index contributed by atoms with van der Waals surface area (Å²) in [6, 6.07) is 3.69. The smallest absolute Gasteiger partial charge is 0.192 e. The van der Waals surface area contributed by atoms with E-state index in [9.17, 15) is 0 Å². The van der Waals surface area contributed by atoms with Gasteiger partial charge in [-0.05, 0) is 24.6 Å². The van der Waals surface area contributed by atoms with Crippen LogP contribution in [-0.2, 0) is 4.43 Å². The van der Waals surface area contributed by atoms with Crippen LogP contribution in [-0.4, -0.2) is 14.4 Å². The minimum absolute atomic E-state index is 0.298. The third-order valence-electron chi connectivity index (χ3n) is 3.17. The van der Waals surface area contributed by atoms with Gasteiger partial charge in [-0.3, -0.25) is 0 Å². The van der Waals surface area contributed by atoms with Crippen molar-refractivity contribution in [2.45, 2.75) is 64.8 Å². The fourth-order valence-electron chi connectivity index (χ4n) is 1.83. The summed E-state index contributed by atoms with van der Waals surface area (Å²) in [5.74, 6) is 0. The molecule has 1 atom stereocenters. The van der Waals surface area contributed by atoms with Crippen LogP contribution in [0.25, 0.3) is 0 Å². The maximum absolute atomic E-state index is 6.30. The minimum atomic E-state index is -1.41. The van der Waals surface area contributed by atoms with Gasteiger partial charge in [0.2, 0.25) is 0 Å². The Morgan fingerprint density at radius 2 is 1.64 bits per heavy atom. The molecule has 0 aliphatic heterocycles. The SMILES string of the molecule is C=C[C@@H](CCC)O[Si](CC)(CC)CC. The molecule has 0 saturated heterocycles. The third-order valence-corrected chi connectivity index (χ3v) is 7.84. The summed E-state index contributed by atoms with van der Waals surface area (Å²) in [4.78, 5) is 0. The van der Waals surface area contributed by atoms with Crippen LogP contribution in [0.3, 0.4) is 0 Å². The average molecular weight is 214 g/mol. The molecule has 14 heavy (non-hydrogen) atoms. The molecule has 0 aromatic heterocycles. The Hall–Kier alpha value is -0.0831. The van der Waals surface area contributed by atoms with E-state index in [1.54, 1.807) is 0 Å². The van der Waals surface area contributed by atoms with Crippen LogP contribution in [0, 0.1) is 0 Å². The second-order valence-corrected chi connectivity index (χ2v) is 8.65. The molecule has 0 spiro atoms. The summed E-state index contributed by atoms with van der Waals surface area (Å²) in [5.41, 5.74) is 0. The molecule has 0 aliphatic carbocycles. The lowest BCUT2D eigenvalue weighted by Crippen LogP contribution is -2.39. The first kappa shape index (κ1) is 13.9. The van der Waals surface area contributed by atoms with Crippen LogP contribution in [0.4, 0.5) is 0 Å². The molecule has 0 aliphatic rings. The summed E-state index contributed by atoms with van der Waals surface area (Å²) >= 11 is 0. The van der Waals surface area contributed by atoms with Crippen LogP contribution < -0.4 is 0 Å². The van der Waals surface area contributed by atoms with Gasteiger partial charge in [0.15, 0.2) is 8.32 Å². The Bertz CT molecular complexity index is 144. The maximum Gasteiger partial charge on any atom is 0.192 e. The van der Waals surface area contributed by atoms with Crippen molar-refractivity contribution in [1.29, 1.82) is 0 Å². The van der Waals surface area contributed by atoms with E-state index in [4.69, 9.17) is 4.43 Å². The normalized spacial score (nSPS) is 14.0. The predicted molar refractivity (Wildman–Crippen MR) is 67.2 cm³/mol. The van der Waals surface area contributed by atoms with Gasteiger partial charge in [0, 0.05) is 0 Å². The maximum atomic E-state index is 6.30. The standard InChI is InChI=1S/C12H26OSi/c1-6-11-12(7-2)13-14(8-3,9-4)10-5/h7,12H,2,6,8-11H2,1,3-5H3/t12-/m0/s1. The van der Waals surface area contributed by atoms with Crippen LogP contribution >= 0.6 is 0 Å². The van der Waals surface area contributed by atoms with Gasteiger partial charge in [-0.25, -0.2) is 0 Å². The molecule has 0 unspecified atom stereocenters. The van der Waals surface area contributed by atoms with Crippen molar-refractivity contribution in [1.82, 2.24) is 0 Å². The summed E-state index contributed by atoms with van der Waals surface area (Å²) in [7, 11) is -1.41. The Balaban J connectivity index is 4.31. The predicted octanol–water partition coefficient (Wildman–Crippen LogP) is 4.36. The summed E-state index contributed by atoms with van der Waals surface area (Å²) < 4.78 is 6.30. The molecule has 1 nitrogen and oxygen atoms in total. The lowest BCUT2D eigenvalue weighted by Gasteiger charge is -2.32. The molecule has 0 aromatic carbocycles. The highest BCUT2D eigenvalue weighted by Gasteiger charge is 2.30. The van der Waals surface area contributed by atoms with Crippen LogP contribution in [0.2, 0.25) is 18.1 Å². The largest absolute Gasteiger partial charge is 0.411 e. The number of hydrogen-bond donors (Lipinski definition) is 0. The summed E-state index contributed by atoms with van der Waals surface area (Å²) in [6.07, 6.45) is 4.58. The van der Waals surface area contributed by atoms with Crippen molar-refractivity contribution in [3.05, 3.63) is 12.7 Å². The minimum Gasteiger partial charge on any atom is -0.411 e. The fraction of sp³-hybridized carbons (Fsp3) is 0.833. The van der Waals surface area contributed by atoms with E-state index in [1.807, 2.05) is 6.08 Å². The van der Waals surface area contributed by atoms with E-state index < -0.39 is 8.32 Å².